The number of carbonyl (C=O) groups is 2. The maximum atomic E-state index is 12.5. The molecule has 0 unspecified atom stereocenters. The molecule has 3 rings (SSSR count). The lowest BCUT2D eigenvalue weighted by molar-refractivity contribution is -0.129. The Balaban J connectivity index is 1.68. The molecule has 0 radical (unpaired) electrons. The van der Waals surface area contributed by atoms with Gasteiger partial charge in [-0.25, -0.2) is 9.97 Å². The molecule has 0 spiro atoms. The number of amides is 2. The Morgan fingerprint density at radius 2 is 1.88 bits per heavy atom. The molecule has 0 atom stereocenters. The highest BCUT2D eigenvalue weighted by Gasteiger charge is 2.20. The van der Waals surface area contributed by atoms with Gasteiger partial charge in [0.2, 0.25) is 5.91 Å². The van der Waals surface area contributed by atoms with Crippen LogP contribution in [0.25, 0.3) is 0 Å². The van der Waals surface area contributed by atoms with Gasteiger partial charge in [0.1, 0.15) is 23.6 Å². The molecule has 0 aliphatic carbocycles. The van der Waals surface area contributed by atoms with Crippen LogP contribution in [0.15, 0.2) is 36.7 Å². The number of nitrogens with zero attached hydrogens (tertiary/aromatic N) is 4. The molecule has 1 aromatic carbocycles. The lowest BCUT2D eigenvalue weighted by atomic mass is 10.2. The van der Waals surface area contributed by atoms with Crippen LogP contribution in [0.2, 0.25) is 0 Å². The predicted octanol–water partition coefficient (Wildman–Crippen LogP) is 1.41. The van der Waals surface area contributed by atoms with E-state index in [9.17, 15) is 9.59 Å². The molecular formula is C18H21N5O3. The van der Waals surface area contributed by atoms with Gasteiger partial charge in [-0.05, 0) is 12.1 Å². The number of rotatable bonds is 4. The van der Waals surface area contributed by atoms with Crippen molar-refractivity contribution in [2.75, 3.05) is 43.5 Å². The van der Waals surface area contributed by atoms with E-state index in [0.717, 1.165) is 0 Å². The number of aromatic nitrogens is 2. The average Bonchev–Trinajstić information content (AvgIpc) is 2.68. The van der Waals surface area contributed by atoms with Crippen LogP contribution < -0.4 is 15.0 Å². The Kier molecular flexibility index (Phi) is 5.31. The second-order valence-electron chi connectivity index (χ2n) is 5.94. The molecule has 8 nitrogen and oxygen atoms in total. The zero-order chi connectivity index (χ0) is 18.5. The molecule has 0 saturated carbocycles. The van der Waals surface area contributed by atoms with Crippen LogP contribution in [0.1, 0.15) is 17.4 Å². The minimum absolute atomic E-state index is 0.0747. The van der Waals surface area contributed by atoms with Crippen molar-refractivity contribution in [2.45, 2.75) is 6.92 Å². The van der Waals surface area contributed by atoms with E-state index in [0.29, 0.717) is 43.4 Å². The van der Waals surface area contributed by atoms with Crippen LogP contribution >= 0.6 is 0 Å². The molecule has 2 heterocycles. The van der Waals surface area contributed by atoms with Gasteiger partial charge in [-0.2, -0.15) is 0 Å². The normalized spacial score (nSPS) is 14.1. The van der Waals surface area contributed by atoms with Crippen LogP contribution in [0.5, 0.6) is 5.75 Å². The van der Waals surface area contributed by atoms with Crippen molar-refractivity contribution >= 4 is 23.3 Å². The first-order chi connectivity index (χ1) is 12.6. The molecule has 1 aliphatic heterocycles. The maximum Gasteiger partial charge on any atom is 0.274 e. The first-order valence-electron chi connectivity index (χ1n) is 8.35. The van der Waals surface area contributed by atoms with Crippen molar-refractivity contribution < 1.29 is 14.3 Å². The molecule has 2 aromatic rings. The third kappa shape index (κ3) is 4.08. The molecule has 2 amide bonds. The van der Waals surface area contributed by atoms with Crippen LogP contribution in [-0.4, -0.2) is 60.0 Å². The Morgan fingerprint density at radius 3 is 2.58 bits per heavy atom. The van der Waals surface area contributed by atoms with E-state index >= 15 is 0 Å². The fourth-order valence-corrected chi connectivity index (χ4v) is 2.79. The highest BCUT2D eigenvalue weighted by atomic mass is 16.5. The first kappa shape index (κ1) is 17.7. The van der Waals surface area contributed by atoms with Gasteiger partial charge in [0.15, 0.2) is 0 Å². The van der Waals surface area contributed by atoms with Crippen LogP contribution in [0.4, 0.5) is 11.5 Å². The summed E-state index contributed by atoms with van der Waals surface area (Å²) in [5.41, 5.74) is 0.913. The van der Waals surface area contributed by atoms with Gasteiger partial charge in [0.25, 0.3) is 5.91 Å². The van der Waals surface area contributed by atoms with Crippen LogP contribution in [-0.2, 0) is 4.79 Å². The third-order valence-electron chi connectivity index (χ3n) is 4.26. The van der Waals surface area contributed by atoms with Gasteiger partial charge in [-0.1, -0.05) is 6.07 Å². The molecule has 1 saturated heterocycles. The second-order valence-corrected chi connectivity index (χ2v) is 5.94. The van der Waals surface area contributed by atoms with Gasteiger partial charge < -0.3 is 19.9 Å². The quantitative estimate of drug-likeness (QED) is 0.892. The van der Waals surface area contributed by atoms with Gasteiger partial charge in [0, 0.05) is 50.9 Å². The summed E-state index contributed by atoms with van der Waals surface area (Å²) in [5, 5.41) is 2.80. The molecule has 0 bridgehead atoms. The summed E-state index contributed by atoms with van der Waals surface area (Å²) in [5.74, 6) is 1.10. The molecule has 1 aromatic heterocycles. The standard InChI is InChI=1S/C18H21N5O3/c1-13(24)22-6-8-23(9-7-22)17-11-16(19-12-20-17)18(25)21-14-4-3-5-15(10-14)26-2/h3-5,10-12H,6-9H2,1-2H3,(H,21,25). The molecule has 1 aliphatic rings. The molecule has 8 heteroatoms. The van der Waals surface area contributed by atoms with E-state index in [1.54, 1.807) is 49.3 Å². The average molecular weight is 355 g/mol. The minimum Gasteiger partial charge on any atom is -0.497 e. The van der Waals surface area contributed by atoms with Gasteiger partial charge >= 0.3 is 0 Å². The predicted molar refractivity (Wildman–Crippen MR) is 97.4 cm³/mol. The SMILES string of the molecule is COc1cccc(NC(=O)c2cc(N3CCN(C(C)=O)CC3)ncn2)c1. The highest BCUT2D eigenvalue weighted by molar-refractivity contribution is 6.03. The molecule has 1 N–H and O–H groups in total. The van der Waals surface area contributed by atoms with E-state index in [-0.39, 0.29) is 17.5 Å². The first-order valence-corrected chi connectivity index (χ1v) is 8.35. The Hall–Kier alpha value is -3.16. The van der Waals surface area contributed by atoms with E-state index < -0.39 is 0 Å². The number of ether oxygens (including phenoxy) is 1. The Morgan fingerprint density at radius 1 is 1.12 bits per heavy atom. The molecule has 1 fully saturated rings. The number of anilines is 2. The van der Waals surface area contributed by atoms with Crippen molar-refractivity contribution in [2.24, 2.45) is 0 Å². The largest absolute Gasteiger partial charge is 0.497 e. The number of nitrogens with one attached hydrogen (secondary N) is 1. The number of benzene rings is 1. The zero-order valence-electron chi connectivity index (χ0n) is 14.8. The van der Waals surface area contributed by atoms with Crippen LogP contribution in [0, 0.1) is 0 Å². The Labute approximate surface area is 151 Å². The number of hydrogen-bond acceptors (Lipinski definition) is 6. The number of hydrogen-bond donors (Lipinski definition) is 1. The van der Waals surface area contributed by atoms with Crippen molar-refractivity contribution in [1.29, 1.82) is 0 Å². The van der Waals surface area contributed by atoms with E-state index in [1.165, 1.54) is 6.33 Å². The molecule has 136 valence electrons. The third-order valence-corrected chi connectivity index (χ3v) is 4.26. The van der Waals surface area contributed by atoms with Crippen molar-refractivity contribution in [3.05, 3.63) is 42.4 Å². The minimum atomic E-state index is -0.315. The van der Waals surface area contributed by atoms with E-state index in [2.05, 4.69) is 15.3 Å². The summed E-state index contributed by atoms with van der Waals surface area (Å²) in [6.45, 7) is 4.21. The Bertz CT molecular complexity index is 803. The summed E-state index contributed by atoms with van der Waals surface area (Å²) < 4.78 is 5.15. The van der Waals surface area contributed by atoms with Crippen LogP contribution in [0.3, 0.4) is 0 Å². The number of carbonyl (C=O) groups excluding carboxylic acids is 2. The summed E-state index contributed by atoms with van der Waals surface area (Å²) in [6, 6.07) is 8.79. The zero-order valence-corrected chi connectivity index (χ0v) is 14.8. The highest BCUT2D eigenvalue weighted by Crippen LogP contribution is 2.18. The fraction of sp³-hybridized carbons (Fsp3) is 0.333. The van der Waals surface area contributed by atoms with Crippen molar-refractivity contribution in [1.82, 2.24) is 14.9 Å². The van der Waals surface area contributed by atoms with Gasteiger partial charge in [-0.15, -0.1) is 0 Å². The van der Waals surface area contributed by atoms with E-state index in [4.69, 9.17) is 4.74 Å². The van der Waals surface area contributed by atoms with Crippen molar-refractivity contribution in [3.63, 3.8) is 0 Å². The summed E-state index contributed by atoms with van der Waals surface area (Å²) in [6.07, 6.45) is 1.38. The monoisotopic (exact) mass is 355 g/mol. The second kappa shape index (κ2) is 7.81. The van der Waals surface area contributed by atoms with E-state index in [1.807, 2.05) is 4.90 Å². The summed E-state index contributed by atoms with van der Waals surface area (Å²) in [4.78, 5) is 36.1. The summed E-state index contributed by atoms with van der Waals surface area (Å²) in [7, 11) is 1.57. The van der Waals surface area contributed by atoms with Gasteiger partial charge in [0.05, 0.1) is 7.11 Å². The fourth-order valence-electron chi connectivity index (χ4n) is 2.79. The smallest absolute Gasteiger partial charge is 0.274 e. The maximum absolute atomic E-state index is 12.5. The van der Waals surface area contributed by atoms with Crippen molar-refractivity contribution in [3.8, 4) is 5.75 Å². The van der Waals surface area contributed by atoms with Gasteiger partial charge in [-0.3, -0.25) is 9.59 Å². The molecule has 26 heavy (non-hydrogen) atoms. The molecular weight excluding hydrogens is 334 g/mol. The summed E-state index contributed by atoms with van der Waals surface area (Å²) >= 11 is 0. The topological polar surface area (TPSA) is 87.7 Å². The lowest BCUT2D eigenvalue weighted by Crippen LogP contribution is -2.48. The lowest BCUT2D eigenvalue weighted by Gasteiger charge is -2.34. The number of piperazine rings is 1. The number of methoxy groups -OCH3 is 1.